The Labute approximate surface area is 211 Å². The van der Waals surface area contributed by atoms with E-state index >= 15 is 0 Å². The molecule has 0 saturated heterocycles. The third-order valence-corrected chi connectivity index (χ3v) is 6.49. The maximum atomic E-state index is 13.3. The molecule has 1 N–H and O–H groups in total. The van der Waals surface area contributed by atoms with Gasteiger partial charge in [0, 0.05) is 28.7 Å². The molecule has 2 aromatic carbocycles. The lowest BCUT2D eigenvalue weighted by Crippen LogP contribution is -2.22. The van der Waals surface area contributed by atoms with Crippen molar-refractivity contribution in [1.29, 1.82) is 0 Å². The first-order chi connectivity index (χ1) is 16.9. The van der Waals surface area contributed by atoms with Crippen LogP contribution in [0.4, 0.5) is 0 Å². The van der Waals surface area contributed by atoms with Crippen molar-refractivity contribution in [2.75, 3.05) is 0 Å². The molecule has 0 atom stereocenters. The summed E-state index contributed by atoms with van der Waals surface area (Å²) in [6.45, 7) is 12.5. The van der Waals surface area contributed by atoms with E-state index in [1.165, 1.54) is 0 Å². The van der Waals surface area contributed by atoms with Gasteiger partial charge in [-0.3, -0.25) is 4.79 Å². The molecule has 0 bridgehead atoms. The highest BCUT2D eigenvalue weighted by Gasteiger charge is 2.35. The Kier molecular flexibility index (Phi) is 5.51. The van der Waals surface area contributed by atoms with Crippen LogP contribution in [0.5, 0.6) is 5.75 Å². The fourth-order valence-corrected chi connectivity index (χ4v) is 4.32. The number of aliphatic hydroxyl groups excluding tert-OH is 1. The molecule has 0 radical (unpaired) electrons. The van der Waals surface area contributed by atoms with Crippen molar-refractivity contribution in [3.05, 3.63) is 106 Å². The lowest BCUT2D eigenvalue weighted by Gasteiger charge is -2.29. The summed E-state index contributed by atoms with van der Waals surface area (Å²) in [7, 11) is 0. The second-order valence-corrected chi connectivity index (χ2v) is 11.4. The first-order valence-corrected chi connectivity index (χ1v) is 12.2. The van der Waals surface area contributed by atoms with E-state index in [0.717, 1.165) is 44.9 Å². The van der Waals surface area contributed by atoms with E-state index in [4.69, 9.17) is 9.15 Å². The summed E-state index contributed by atoms with van der Waals surface area (Å²) in [5, 5.41) is 11.9. The zero-order valence-electron chi connectivity index (χ0n) is 21.6. The molecule has 1 aliphatic carbocycles. The average molecular weight is 480 g/mol. The predicted octanol–water partition coefficient (Wildman–Crippen LogP) is 8.20. The van der Waals surface area contributed by atoms with E-state index < -0.39 is 0 Å². The van der Waals surface area contributed by atoms with Crippen LogP contribution in [0.15, 0.2) is 93.8 Å². The zero-order valence-corrected chi connectivity index (χ0v) is 21.6. The molecule has 182 valence electrons. The van der Waals surface area contributed by atoms with Crippen LogP contribution >= 0.6 is 0 Å². The van der Waals surface area contributed by atoms with Gasteiger partial charge in [-0.1, -0.05) is 51.1 Å². The van der Waals surface area contributed by atoms with Crippen molar-refractivity contribution in [2.45, 2.75) is 47.0 Å². The van der Waals surface area contributed by atoms with Gasteiger partial charge in [0.2, 0.25) is 5.78 Å². The smallest absolute Gasteiger partial charge is 0.360 e. The molecule has 1 aromatic heterocycles. The quantitative estimate of drug-likeness (QED) is 0.297. The molecule has 36 heavy (non-hydrogen) atoms. The van der Waals surface area contributed by atoms with Crippen LogP contribution in [0, 0.1) is 5.41 Å². The normalized spacial score (nSPS) is 18.3. The SMILES string of the molecule is CC(C)(C)C1=CC(=CC2=C(O)C(=Cc3cc(C(C)(C)C)[o+]c4ccccc34)C2=O)c2ccccc2O1. The number of aliphatic hydroxyl groups is 1. The summed E-state index contributed by atoms with van der Waals surface area (Å²) in [6.07, 6.45) is 5.49. The molecule has 4 heteroatoms. The standard InChI is InChI=1S/C32H30O4/c1-31(2,3)27-17-19(21-11-7-9-13-25(21)35-27)15-23-29(33)24(30(23)34)16-20-18-28(32(4,5)6)36-26-14-10-8-12-22(20)26/h7-18H,1-6H3/p+1. The third-order valence-electron chi connectivity index (χ3n) is 6.49. The number of hydrogen-bond donors (Lipinski definition) is 1. The van der Waals surface area contributed by atoms with Crippen molar-refractivity contribution in [3.63, 3.8) is 0 Å². The molecular weight excluding hydrogens is 448 g/mol. The number of ether oxygens (including phenoxy) is 1. The number of fused-ring (bicyclic) bond motifs is 2. The highest BCUT2D eigenvalue weighted by molar-refractivity contribution is 6.24. The fourth-order valence-electron chi connectivity index (χ4n) is 4.32. The molecule has 3 aromatic rings. The highest BCUT2D eigenvalue weighted by Crippen LogP contribution is 2.42. The maximum Gasteiger partial charge on any atom is 0.360 e. The van der Waals surface area contributed by atoms with Crippen LogP contribution in [0.3, 0.4) is 0 Å². The Morgan fingerprint density at radius 3 is 2.28 bits per heavy atom. The second kappa shape index (κ2) is 8.34. The second-order valence-electron chi connectivity index (χ2n) is 11.4. The Morgan fingerprint density at radius 1 is 0.889 bits per heavy atom. The van der Waals surface area contributed by atoms with E-state index in [0.29, 0.717) is 11.1 Å². The number of benzene rings is 2. The lowest BCUT2D eigenvalue weighted by atomic mass is 9.83. The number of carbonyl (C=O) groups is 1. The Bertz CT molecular complexity index is 1530. The van der Waals surface area contributed by atoms with Gasteiger partial charge in [0.25, 0.3) is 0 Å². The topological polar surface area (TPSA) is 57.8 Å². The predicted molar refractivity (Wildman–Crippen MR) is 145 cm³/mol. The number of carbonyl (C=O) groups excluding carboxylic acids is 1. The van der Waals surface area contributed by atoms with Crippen LogP contribution in [0.25, 0.3) is 22.6 Å². The van der Waals surface area contributed by atoms with Crippen LogP contribution in [-0.4, -0.2) is 10.9 Å². The fraction of sp³-hybridized carbons (Fsp3) is 0.250. The molecule has 0 saturated carbocycles. The van der Waals surface area contributed by atoms with Crippen molar-refractivity contribution >= 4 is 28.4 Å². The monoisotopic (exact) mass is 479 g/mol. The van der Waals surface area contributed by atoms with Crippen LogP contribution in [0.2, 0.25) is 0 Å². The summed E-state index contributed by atoms with van der Waals surface area (Å²) < 4.78 is 12.3. The van der Waals surface area contributed by atoms with Crippen LogP contribution in [-0.2, 0) is 10.2 Å². The average Bonchev–Trinajstić information content (AvgIpc) is 2.84. The highest BCUT2D eigenvalue weighted by atomic mass is 16.5. The van der Waals surface area contributed by atoms with Gasteiger partial charge in [0.15, 0.2) is 0 Å². The third kappa shape index (κ3) is 4.17. The minimum absolute atomic E-state index is 0.00404. The van der Waals surface area contributed by atoms with Gasteiger partial charge in [-0.2, -0.15) is 0 Å². The number of Topliss-reactive ketones (excluding diaryl/α,β-unsaturated/α-hetero) is 1. The zero-order chi connectivity index (χ0) is 25.8. The van der Waals surface area contributed by atoms with E-state index in [-0.39, 0.29) is 22.4 Å². The van der Waals surface area contributed by atoms with Gasteiger partial charge in [-0.25, -0.2) is 4.42 Å². The molecule has 1 aliphatic heterocycles. The first kappa shape index (κ1) is 23.8. The summed E-state index contributed by atoms with van der Waals surface area (Å²) in [5.41, 5.74) is 3.51. The molecule has 2 aliphatic rings. The molecule has 0 fully saturated rings. The molecule has 2 heterocycles. The van der Waals surface area contributed by atoms with Gasteiger partial charge >= 0.3 is 11.3 Å². The maximum absolute atomic E-state index is 13.3. The van der Waals surface area contributed by atoms with E-state index in [2.05, 4.69) is 41.5 Å². The van der Waals surface area contributed by atoms with Crippen molar-refractivity contribution in [2.24, 2.45) is 5.41 Å². The van der Waals surface area contributed by atoms with Gasteiger partial charge < -0.3 is 9.84 Å². The van der Waals surface area contributed by atoms with Crippen LogP contribution in [0.1, 0.15) is 58.4 Å². The summed E-state index contributed by atoms with van der Waals surface area (Å²) >= 11 is 0. The number of hydrogen-bond acceptors (Lipinski definition) is 3. The lowest BCUT2D eigenvalue weighted by molar-refractivity contribution is -0.113. The first-order valence-electron chi connectivity index (χ1n) is 12.2. The van der Waals surface area contributed by atoms with Gasteiger partial charge in [-0.15, -0.1) is 0 Å². The van der Waals surface area contributed by atoms with E-state index in [1.807, 2.05) is 60.7 Å². The molecule has 0 unspecified atom stereocenters. The van der Waals surface area contributed by atoms with Crippen molar-refractivity contribution in [3.8, 4) is 5.75 Å². The minimum atomic E-state index is -0.206. The van der Waals surface area contributed by atoms with E-state index in [9.17, 15) is 9.90 Å². The minimum Gasteiger partial charge on any atom is -0.506 e. The van der Waals surface area contributed by atoms with Gasteiger partial charge in [-0.05, 0) is 56.7 Å². The number of para-hydroxylation sites is 2. The molecule has 4 nitrogen and oxygen atoms in total. The Hall–Kier alpha value is -3.92. The molecule has 0 spiro atoms. The molecule has 5 rings (SSSR count). The Balaban J connectivity index is 1.61. The van der Waals surface area contributed by atoms with Crippen LogP contribution < -0.4 is 4.74 Å². The number of rotatable bonds is 2. The Morgan fingerprint density at radius 2 is 1.58 bits per heavy atom. The summed E-state index contributed by atoms with van der Waals surface area (Å²) in [5.74, 6) is 2.18. The molecule has 0 amide bonds. The summed E-state index contributed by atoms with van der Waals surface area (Å²) in [6, 6.07) is 17.4. The van der Waals surface area contributed by atoms with Crippen molar-refractivity contribution < 1.29 is 19.1 Å². The van der Waals surface area contributed by atoms with Gasteiger partial charge in [0.05, 0.1) is 21.9 Å². The number of allylic oxidation sites excluding steroid dienone is 6. The largest absolute Gasteiger partial charge is 0.506 e. The van der Waals surface area contributed by atoms with Gasteiger partial charge in [0.1, 0.15) is 17.3 Å². The van der Waals surface area contributed by atoms with E-state index in [1.54, 1.807) is 12.2 Å². The summed E-state index contributed by atoms with van der Waals surface area (Å²) in [4.78, 5) is 13.3. The van der Waals surface area contributed by atoms with Crippen molar-refractivity contribution in [1.82, 2.24) is 0 Å². The molecular formula is C32H31O4+. The number of ketones is 1.